The summed E-state index contributed by atoms with van der Waals surface area (Å²) in [6, 6.07) is 5.72. The summed E-state index contributed by atoms with van der Waals surface area (Å²) in [6.07, 6.45) is 0.793. The first-order valence-electron chi connectivity index (χ1n) is 5.31. The normalized spacial score (nSPS) is 10.7. The second kappa shape index (κ2) is 5.28. The molecule has 2 aromatic rings. The Kier molecular flexibility index (Phi) is 3.92. The van der Waals surface area contributed by atoms with Gasteiger partial charge in [0.2, 0.25) is 5.78 Å². The van der Waals surface area contributed by atoms with E-state index in [0.717, 1.165) is 17.4 Å². The van der Waals surface area contributed by atoms with E-state index in [-0.39, 0.29) is 4.47 Å². The van der Waals surface area contributed by atoms with E-state index in [9.17, 15) is 13.6 Å². The van der Waals surface area contributed by atoms with Crippen molar-refractivity contribution in [3.63, 3.8) is 0 Å². The number of carbonyl (C=O) groups is 1. The third-order valence-electron chi connectivity index (χ3n) is 2.50. The maximum absolute atomic E-state index is 13.8. The molecule has 1 nitrogen and oxygen atoms in total. The monoisotopic (exact) mass is 330 g/mol. The van der Waals surface area contributed by atoms with Crippen LogP contribution in [0.5, 0.6) is 0 Å². The summed E-state index contributed by atoms with van der Waals surface area (Å²) in [5, 5.41) is 0. The number of ketones is 1. The minimum absolute atomic E-state index is 0.0829. The van der Waals surface area contributed by atoms with E-state index in [1.54, 1.807) is 12.1 Å². The van der Waals surface area contributed by atoms with Crippen LogP contribution >= 0.6 is 27.3 Å². The van der Waals surface area contributed by atoms with E-state index in [2.05, 4.69) is 15.9 Å². The third kappa shape index (κ3) is 2.37. The maximum Gasteiger partial charge on any atom is 0.208 e. The molecule has 0 radical (unpaired) electrons. The summed E-state index contributed by atoms with van der Waals surface area (Å²) in [5.41, 5.74) is -0.506. The Morgan fingerprint density at radius 2 is 2.00 bits per heavy atom. The Bertz CT molecular complexity index is 607. The lowest BCUT2D eigenvalue weighted by atomic mass is 10.1. The second-order valence-corrected chi connectivity index (χ2v) is 5.69. The summed E-state index contributed by atoms with van der Waals surface area (Å²) >= 11 is 4.21. The highest BCUT2D eigenvalue weighted by atomic mass is 79.9. The molecule has 0 amide bonds. The van der Waals surface area contributed by atoms with Crippen LogP contribution in [0.1, 0.15) is 27.0 Å². The molecule has 0 bridgehead atoms. The summed E-state index contributed by atoms with van der Waals surface area (Å²) in [4.78, 5) is 13.4. The van der Waals surface area contributed by atoms with E-state index < -0.39 is 23.0 Å². The lowest BCUT2D eigenvalue weighted by Gasteiger charge is -2.04. The van der Waals surface area contributed by atoms with Crippen LogP contribution in [0.25, 0.3) is 0 Å². The zero-order valence-corrected chi connectivity index (χ0v) is 11.9. The molecule has 5 heteroatoms. The van der Waals surface area contributed by atoms with Gasteiger partial charge in [0.15, 0.2) is 5.82 Å². The number of benzene rings is 1. The molecule has 1 aromatic heterocycles. The van der Waals surface area contributed by atoms with Crippen LogP contribution in [0, 0.1) is 11.6 Å². The maximum atomic E-state index is 13.8. The third-order valence-corrected chi connectivity index (χ3v) is 4.35. The first-order valence-corrected chi connectivity index (χ1v) is 6.92. The number of thiophene rings is 1. The highest BCUT2D eigenvalue weighted by molar-refractivity contribution is 9.10. The predicted octanol–water partition coefficient (Wildman–Crippen LogP) is 4.58. The van der Waals surface area contributed by atoms with Crippen molar-refractivity contribution < 1.29 is 13.6 Å². The Morgan fingerprint density at radius 1 is 1.28 bits per heavy atom. The van der Waals surface area contributed by atoms with E-state index in [1.807, 2.05) is 6.92 Å². The van der Waals surface area contributed by atoms with Crippen LogP contribution in [0.4, 0.5) is 8.78 Å². The molecule has 1 heterocycles. The number of aryl methyl sites for hydroxylation is 1. The van der Waals surface area contributed by atoms with Gasteiger partial charge in [-0.15, -0.1) is 11.3 Å². The van der Waals surface area contributed by atoms with Gasteiger partial charge in [0.25, 0.3) is 0 Å². The van der Waals surface area contributed by atoms with Crippen molar-refractivity contribution in [2.45, 2.75) is 13.3 Å². The molecule has 1 aromatic carbocycles. The minimum atomic E-state index is -0.855. The average Bonchev–Trinajstić information content (AvgIpc) is 2.83. The fraction of sp³-hybridized carbons (Fsp3) is 0.154. The molecule has 94 valence electrons. The van der Waals surface area contributed by atoms with Crippen molar-refractivity contribution in [2.75, 3.05) is 0 Å². The van der Waals surface area contributed by atoms with Crippen molar-refractivity contribution in [3.8, 4) is 0 Å². The zero-order valence-electron chi connectivity index (χ0n) is 9.47. The van der Waals surface area contributed by atoms with Crippen LogP contribution in [0.2, 0.25) is 0 Å². The van der Waals surface area contributed by atoms with Gasteiger partial charge in [0.1, 0.15) is 5.82 Å². The van der Waals surface area contributed by atoms with Crippen molar-refractivity contribution in [2.24, 2.45) is 0 Å². The Balaban J connectivity index is 2.49. The molecule has 2 rings (SSSR count). The van der Waals surface area contributed by atoms with Crippen LogP contribution in [-0.2, 0) is 6.42 Å². The van der Waals surface area contributed by atoms with Gasteiger partial charge in [-0.3, -0.25) is 4.79 Å². The van der Waals surface area contributed by atoms with Gasteiger partial charge in [-0.25, -0.2) is 8.78 Å². The molecule has 0 N–H and O–H groups in total. The van der Waals surface area contributed by atoms with E-state index in [1.165, 1.54) is 17.4 Å². The van der Waals surface area contributed by atoms with Gasteiger partial charge in [-0.1, -0.05) is 6.92 Å². The highest BCUT2D eigenvalue weighted by Crippen LogP contribution is 2.26. The fourth-order valence-electron chi connectivity index (χ4n) is 1.55. The van der Waals surface area contributed by atoms with Crippen LogP contribution in [0.15, 0.2) is 28.7 Å². The van der Waals surface area contributed by atoms with Crippen LogP contribution < -0.4 is 0 Å². The average molecular weight is 331 g/mol. The molecular weight excluding hydrogens is 322 g/mol. The highest BCUT2D eigenvalue weighted by Gasteiger charge is 2.22. The van der Waals surface area contributed by atoms with Crippen LogP contribution in [-0.4, -0.2) is 5.78 Å². The number of rotatable bonds is 3. The van der Waals surface area contributed by atoms with Gasteiger partial charge < -0.3 is 0 Å². The standard InChI is InChI=1S/C13H9BrF2OS/c1-2-7-3-6-10(18-7)13(17)11-9(15)5-4-8(14)12(11)16/h3-6H,2H2,1H3. The van der Waals surface area contributed by atoms with Crippen molar-refractivity contribution >= 4 is 33.0 Å². The quantitative estimate of drug-likeness (QED) is 0.594. The summed E-state index contributed by atoms with van der Waals surface area (Å²) < 4.78 is 27.4. The first kappa shape index (κ1) is 13.4. The molecule has 0 saturated carbocycles. The Hall–Kier alpha value is -1.07. The minimum Gasteiger partial charge on any atom is -0.287 e. The molecular formula is C13H9BrF2OS. The fourth-order valence-corrected chi connectivity index (χ4v) is 2.77. The van der Waals surface area contributed by atoms with Gasteiger partial charge in [-0.05, 0) is 46.6 Å². The molecule has 0 spiro atoms. The number of carbonyl (C=O) groups excluding carboxylic acids is 1. The molecule has 0 aliphatic rings. The molecule has 0 aliphatic heterocycles. The topological polar surface area (TPSA) is 17.1 Å². The Labute approximate surface area is 116 Å². The zero-order chi connectivity index (χ0) is 13.3. The summed E-state index contributed by atoms with van der Waals surface area (Å²) in [5.74, 6) is -2.31. The van der Waals surface area contributed by atoms with Gasteiger partial charge >= 0.3 is 0 Å². The number of hydrogen-bond donors (Lipinski definition) is 0. The SMILES string of the molecule is CCc1ccc(C(=O)c2c(F)ccc(Br)c2F)s1. The lowest BCUT2D eigenvalue weighted by Crippen LogP contribution is -2.06. The van der Waals surface area contributed by atoms with E-state index in [0.29, 0.717) is 4.88 Å². The van der Waals surface area contributed by atoms with E-state index >= 15 is 0 Å². The molecule has 0 fully saturated rings. The second-order valence-electron chi connectivity index (χ2n) is 3.67. The van der Waals surface area contributed by atoms with Gasteiger partial charge in [-0.2, -0.15) is 0 Å². The smallest absolute Gasteiger partial charge is 0.208 e. The van der Waals surface area contributed by atoms with Crippen LogP contribution in [0.3, 0.4) is 0 Å². The van der Waals surface area contributed by atoms with Gasteiger partial charge in [0, 0.05) is 4.88 Å². The van der Waals surface area contributed by atoms with Crippen molar-refractivity contribution in [3.05, 3.63) is 55.7 Å². The molecule has 0 atom stereocenters. The summed E-state index contributed by atoms with van der Waals surface area (Å²) in [6.45, 7) is 1.96. The number of halogens is 3. The van der Waals surface area contributed by atoms with Gasteiger partial charge in [0.05, 0.1) is 14.9 Å². The molecule has 18 heavy (non-hydrogen) atoms. The largest absolute Gasteiger partial charge is 0.287 e. The molecule has 0 aliphatic carbocycles. The lowest BCUT2D eigenvalue weighted by molar-refractivity contribution is 0.103. The number of hydrogen-bond acceptors (Lipinski definition) is 2. The predicted molar refractivity (Wildman–Crippen MR) is 71.2 cm³/mol. The molecule has 0 saturated heterocycles. The molecule has 0 unspecified atom stereocenters. The first-order chi connectivity index (χ1) is 8.54. The van der Waals surface area contributed by atoms with E-state index in [4.69, 9.17) is 0 Å². The van der Waals surface area contributed by atoms with Crippen molar-refractivity contribution in [1.82, 2.24) is 0 Å². The van der Waals surface area contributed by atoms with Crippen molar-refractivity contribution in [1.29, 1.82) is 0 Å². The Morgan fingerprint density at radius 3 is 2.61 bits per heavy atom. The summed E-state index contributed by atoms with van der Waals surface area (Å²) in [7, 11) is 0.